The molecule has 3 N–H and O–H groups in total. The third-order valence-corrected chi connectivity index (χ3v) is 5.25. The van der Waals surface area contributed by atoms with Gasteiger partial charge in [-0.1, -0.05) is 18.0 Å². The SMILES string of the molecule is CC(CN)(Nc1c(Cl)cnn(CC2CCC2)c1=O)C1CC1. The summed E-state index contributed by atoms with van der Waals surface area (Å²) >= 11 is 6.19. The van der Waals surface area contributed by atoms with Gasteiger partial charge in [-0.2, -0.15) is 5.10 Å². The highest BCUT2D eigenvalue weighted by atomic mass is 35.5. The van der Waals surface area contributed by atoms with Gasteiger partial charge < -0.3 is 11.1 Å². The Balaban J connectivity index is 1.86. The van der Waals surface area contributed by atoms with Crippen molar-refractivity contribution in [2.75, 3.05) is 11.9 Å². The van der Waals surface area contributed by atoms with Gasteiger partial charge in [-0.05, 0) is 44.4 Å². The molecule has 0 spiro atoms. The van der Waals surface area contributed by atoms with Gasteiger partial charge in [0.1, 0.15) is 5.69 Å². The summed E-state index contributed by atoms with van der Waals surface area (Å²) in [4.78, 5) is 12.6. The second-order valence-electron chi connectivity index (χ2n) is 6.67. The van der Waals surface area contributed by atoms with Crippen molar-refractivity contribution in [3.63, 3.8) is 0 Å². The fourth-order valence-corrected chi connectivity index (χ4v) is 3.13. The number of anilines is 1. The molecule has 1 heterocycles. The van der Waals surface area contributed by atoms with Crippen molar-refractivity contribution in [3.05, 3.63) is 21.6 Å². The lowest BCUT2D eigenvalue weighted by Gasteiger charge is -2.31. The number of halogens is 1. The Bertz CT molecular complexity index is 580. The first-order valence-corrected chi connectivity index (χ1v) is 8.15. The summed E-state index contributed by atoms with van der Waals surface area (Å²) in [5.74, 6) is 1.10. The standard InChI is InChI=1S/C15H23ClN4O/c1-15(9-17,11-5-6-11)19-13-12(16)7-18-20(14(13)21)8-10-3-2-4-10/h7,10-11,19H,2-6,8-9,17H2,1H3. The van der Waals surface area contributed by atoms with E-state index < -0.39 is 0 Å². The van der Waals surface area contributed by atoms with E-state index in [0.717, 1.165) is 12.8 Å². The minimum atomic E-state index is -0.265. The Morgan fingerprint density at radius 1 is 1.48 bits per heavy atom. The number of hydrogen-bond acceptors (Lipinski definition) is 4. The molecule has 1 aromatic rings. The van der Waals surface area contributed by atoms with E-state index in [9.17, 15) is 4.79 Å². The van der Waals surface area contributed by atoms with Crippen LogP contribution in [0, 0.1) is 11.8 Å². The van der Waals surface area contributed by atoms with Crippen molar-refractivity contribution in [2.24, 2.45) is 17.6 Å². The zero-order valence-corrected chi connectivity index (χ0v) is 13.2. The molecule has 1 aromatic heterocycles. The fourth-order valence-electron chi connectivity index (χ4n) is 2.96. The Morgan fingerprint density at radius 2 is 2.19 bits per heavy atom. The fraction of sp³-hybridized carbons (Fsp3) is 0.733. The minimum Gasteiger partial charge on any atom is -0.373 e. The highest BCUT2D eigenvalue weighted by Crippen LogP contribution is 2.41. The number of aromatic nitrogens is 2. The van der Waals surface area contributed by atoms with Gasteiger partial charge in [0.2, 0.25) is 0 Å². The van der Waals surface area contributed by atoms with E-state index in [1.165, 1.54) is 19.3 Å². The molecule has 0 radical (unpaired) electrons. The topological polar surface area (TPSA) is 72.9 Å². The van der Waals surface area contributed by atoms with Crippen molar-refractivity contribution in [3.8, 4) is 0 Å². The maximum Gasteiger partial charge on any atom is 0.291 e. The van der Waals surface area contributed by atoms with E-state index in [1.54, 1.807) is 10.9 Å². The van der Waals surface area contributed by atoms with Crippen LogP contribution < -0.4 is 16.6 Å². The lowest BCUT2D eigenvalue weighted by molar-refractivity contribution is 0.262. The maximum absolute atomic E-state index is 12.6. The predicted molar refractivity (Wildman–Crippen MR) is 84.7 cm³/mol. The highest BCUT2D eigenvalue weighted by Gasteiger charge is 2.41. The lowest BCUT2D eigenvalue weighted by atomic mass is 9.85. The molecule has 5 nitrogen and oxygen atoms in total. The smallest absolute Gasteiger partial charge is 0.291 e. The molecule has 2 aliphatic rings. The number of nitrogens with two attached hydrogens (primary N) is 1. The van der Waals surface area contributed by atoms with Gasteiger partial charge >= 0.3 is 0 Å². The van der Waals surface area contributed by atoms with Crippen LogP contribution in [0.25, 0.3) is 0 Å². The van der Waals surface area contributed by atoms with E-state index in [-0.39, 0.29) is 11.1 Å². The van der Waals surface area contributed by atoms with Crippen LogP contribution in [0.5, 0.6) is 0 Å². The van der Waals surface area contributed by atoms with Crippen LogP contribution in [0.1, 0.15) is 39.0 Å². The average Bonchev–Trinajstić information content (AvgIpc) is 3.25. The molecular formula is C15H23ClN4O. The van der Waals surface area contributed by atoms with E-state index in [1.807, 2.05) is 0 Å². The van der Waals surface area contributed by atoms with Crippen LogP contribution in [0.3, 0.4) is 0 Å². The van der Waals surface area contributed by atoms with Gasteiger partial charge in [-0.15, -0.1) is 0 Å². The molecule has 6 heteroatoms. The van der Waals surface area contributed by atoms with E-state index >= 15 is 0 Å². The molecule has 116 valence electrons. The first kappa shape index (κ1) is 14.9. The third kappa shape index (κ3) is 2.94. The largest absolute Gasteiger partial charge is 0.373 e. The Labute approximate surface area is 129 Å². The molecule has 0 aliphatic heterocycles. The van der Waals surface area contributed by atoms with E-state index in [2.05, 4.69) is 17.3 Å². The second-order valence-corrected chi connectivity index (χ2v) is 7.08. The number of nitrogens with one attached hydrogen (secondary N) is 1. The Morgan fingerprint density at radius 3 is 2.71 bits per heavy atom. The third-order valence-electron chi connectivity index (χ3n) is 4.97. The van der Waals surface area contributed by atoms with Gasteiger partial charge in [0.25, 0.3) is 5.56 Å². The molecule has 1 unspecified atom stereocenters. The molecule has 0 amide bonds. The minimum absolute atomic E-state index is 0.130. The van der Waals surface area contributed by atoms with E-state index in [4.69, 9.17) is 17.3 Å². The Kier molecular flexibility index (Phi) is 3.97. The van der Waals surface area contributed by atoms with E-state index in [0.29, 0.717) is 35.6 Å². The molecule has 0 aromatic carbocycles. The van der Waals surface area contributed by atoms with Gasteiger partial charge in [-0.25, -0.2) is 4.68 Å². The summed E-state index contributed by atoms with van der Waals surface area (Å²) in [7, 11) is 0. The van der Waals surface area contributed by atoms with Crippen LogP contribution >= 0.6 is 11.6 Å². The van der Waals surface area contributed by atoms with Crippen LogP contribution in [0.15, 0.2) is 11.0 Å². The lowest BCUT2D eigenvalue weighted by Crippen LogP contribution is -2.46. The van der Waals surface area contributed by atoms with Crippen LogP contribution in [-0.4, -0.2) is 21.9 Å². The number of nitrogens with zero attached hydrogens (tertiary/aromatic N) is 2. The predicted octanol–water partition coefficient (Wildman–Crippen LogP) is 2.24. The zero-order chi connectivity index (χ0) is 15.0. The first-order chi connectivity index (χ1) is 10.0. The average molecular weight is 311 g/mol. The van der Waals surface area contributed by atoms with Gasteiger partial charge in [-0.3, -0.25) is 4.79 Å². The van der Waals surface area contributed by atoms with Gasteiger partial charge in [0.15, 0.2) is 0 Å². The quantitative estimate of drug-likeness (QED) is 0.845. The Hall–Kier alpha value is -1.07. The molecule has 21 heavy (non-hydrogen) atoms. The molecule has 0 saturated heterocycles. The molecule has 2 saturated carbocycles. The molecular weight excluding hydrogens is 288 g/mol. The summed E-state index contributed by atoms with van der Waals surface area (Å²) < 4.78 is 1.54. The molecule has 2 fully saturated rings. The van der Waals surface area contributed by atoms with Crippen molar-refractivity contribution in [1.82, 2.24) is 9.78 Å². The van der Waals surface area contributed by atoms with Gasteiger partial charge in [0.05, 0.1) is 11.2 Å². The van der Waals surface area contributed by atoms with Gasteiger partial charge in [0, 0.05) is 18.6 Å². The molecule has 3 rings (SSSR count). The highest BCUT2D eigenvalue weighted by molar-refractivity contribution is 6.33. The zero-order valence-electron chi connectivity index (χ0n) is 12.4. The monoisotopic (exact) mass is 310 g/mol. The van der Waals surface area contributed by atoms with Crippen molar-refractivity contribution in [2.45, 2.75) is 51.1 Å². The van der Waals surface area contributed by atoms with Crippen LogP contribution in [0.2, 0.25) is 5.02 Å². The molecule has 0 bridgehead atoms. The summed E-state index contributed by atoms with van der Waals surface area (Å²) in [5, 5.41) is 7.88. The first-order valence-electron chi connectivity index (χ1n) is 7.77. The molecule has 1 atom stereocenters. The van der Waals surface area contributed by atoms with Crippen LogP contribution in [-0.2, 0) is 6.54 Å². The second kappa shape index (κ2) is 5.61. The summed E-state index contributed by atoms with van der Waals surface area (Å²) in [6.45, 7) is 3.24. The van der Waals surface area contributed by atoms with Crippen molar-refractivity contribution in [1.29, 1.82) is 0 Å². The van der Waals surface area contributed by atoms with Crippen molar-refractivity contribution < 1.29 is 0 Å². The summed E-state index contributed by atoms with van der Waals surface area (Å²) in [6, 6.07) is 0. The number of hydrogen-bond donors (Lipinski definition) is 2. The summed E-state index contributed by atoms with van der Waals surface area (Å²) in [5.41, 5.74) is 5.97. The molecule has 2 aliphatic carbocycles. The van der Waals surface area contributed by atoms with Crippen molar-refractivity contribution >= 4 is 17.3 Å². The maximum atomic E-state index is 12.6. The number of rotatable bonds is 6. The summed E-state index contributed by atoms with van der Waals surface area (Å²) in [6.07, 6.45) is 7.49. The van der Waals surface area contributed by atoms with Crippen LogP contribution in [0.4, 0.5) is 5.69 Å². The normalized spacial score (nSPS) is 21.7.